The number of aryl methyl sites for hydroxylation is 1. The van der Waals surface area contributed by atoms with E-state index in [2.05, 4.69) is 10.1 Å². The lowest BCUT2D eigenvalue weighted by Gasteiger charge is -2.00. The number of non-ortho nitro benzene ring substituents is 1. The van der Waals surface area contributed by atoms with E-state index in [9.17, 15) is 20.0 Å². The van der Waals surface area contributed by atoms with E-state index in [0.29, 0.717) is 22.0 Å². The van der Waals surface area contributed by atoms with Crippen molar-refractivity contribution in [1.82, 2.24) is 9.78 Å². The number of benzene rings is 2. The predicted octanol–water partition coefficient (Wildman–Crippen LogP) is 3.49. The Labute approximate surface area is 152 Å². The van der Waals surface area contributed by atoms with Crippen molar-refractivity contribution in [3.8, 4) is 11.4 Å². The van der Waals surface area contributed by atoms with E-state index in [-0.39, 0.29) is 22.7 Å². The quantitative estimate of drug-likeness (QED) is 0.414. The van der Waals surface area contributed by atoms with Gasteiger partial charge in [-0.1, -0.05) is 11.6 Å². The molecule has 0 aliphatic heterocycles. The van der Waals surface area contributed by atoms with Gasteiger partial charge in [0.15, 0.2) is 0 Å². The first-order valence-electron chi connectivity index (χ1n) is 7.46. The Morgan fingerprint density at radius 3 is 2.58 bits per heavy atom. The van der Waals surface area contributed by atoms with Gasteiger partial charge >= 0.3 is 0 Å². The molecule has 0 radical (unpaired) electrons. The minimum Gasteiger partial charge on any atom is -0.505 e. The average Bonchev–Trinajstić information content (AvgIpc) is 2.89. The maximum Gasteiger partial charge on any atom is 0.280 e. The van der Waals surface area contributed by atoms with Crippen LogP contribution in [0.2, 0.25) is 5.02 Å². The van der Waals surface area contributed by atoms with E-state index >= 15 is 0 Å². The molecule has 9 heteroatoms. The Hall–Kier alpha value is -3.39. The molecular weight excluding hydrogens is 360 g/mol. The summed E-state index contributed by atoms with van der Waals surface area (Å²) in [6.07, 6.45) is 1.31. The number of nitrogens with one attached hydrogen (secondary N) is 1. The maximum absolute atomic E-state index is 12.6. The van der Waals surface area contributed by atoms with Crippen LogP contribution in [0.1, 0.15) is 11.3 Å². The Balaban J connectivity index is 1.96. The number of hydrogen-bond donors (Lipinski definition) is 2. The summed E-state index contributed by atoms with van der Waals surface area (Å²) in [6.45, 7) is 1.71. The van der Waals surface area contributed by atoms with E-state index in [0.717, 1.165) is 6.07 Å². The van der Waals surface area contributed by atoms with E-state index < -0.39 is 4.92 Å². The van der Waals surface area contributed by atoms with E-state index in [4.69, 9.17) is 11.6 Å². The molecule has 0 amide bonds. The first-order valence-corrected chi connectivity index (χ1v) is 7.83. The van der Waals surface area contributed by atoms with Gasteiger partial charge in [-0.3, -0.25) is 25.0 Å². The van der Waals surface area contributed by atoms with Crippen LogP contribution in [0.25, 0.3) is 5.69 Å². The van der Waals surface area contributed by atoms with E-state index in [1.807, 2.05) is 0 Å². The van der Waals surface area contributed by atoms with Crippen molar-refractivity contribution in [3.05, 3.63) is 79.2 Å². The monoisotopic (exact) mass is 372 g/mol. The molecule has 1 heterocycles. The van der Waals surface area contributed by atoms with Gasteiger partial charge in [-0.25, -0.2) is 4.68 Å². The Morgan fingerprint density at radius 2 is 1.96 bits per heavy atom. The lowest BCUT2D eigenvalue weighted by Crippen LogP contribution is -2.17. The van der Waals surface area contributed by atoms with Crippen LogP contribution in [0.4, 0.5) is 11.4 Å². The molecule has 132 valence electrons. The number of hydrogen-bond acceptors (Lipinski definition) is 5. The number of rotatable bonds is 4. The summed E-state index contributed by atoms with van der Waals surface area (Å²) in [6, 6.07) is 10.3. The number of halogens is 1. The Bertz CT molecular complexity index is 1070. The molecule has 8 nitrogen and oxygen atoms in total. The largest absolute Gasteiger partial charge is 0.505 e. The van der Waals surface area contributed by atoms with Gasteiger partial charge in [0, 0.05) is 23.0 Å². The van der Waals surface area contributed by atoms with Gasteiger partial charge in [-0.15, -0.1) is 0 Å². The zero-order valence-corrected chi connectivity index (χ0v) is 14.3. The number of phenols is 1. The molecule has 2 N–H and O–H groups in total. The van der Waals surface area contributed by atoms with Crippen LogP contribution in [0.15, 0.2) is 52.3 Å². The highest BCUT2D eigenvalue weighted by Crippen LogP contribution is 2.30. The second-order valence-electron chi connectivity index (χ2n) is 5.46. The Morgan fingerprint density at radius 1 is 1.27 bits per heavy atom. The molecule has 0 fully saturated rings. The highest BCUT2D eigenvalue weighted by Gasteiger charge is 2.12. The third-order valence-corrected chi connectivity index (χ3v) is 3.96. The fourth-order valence-electron chi connectivity index (χ4n) is 2.35. The van der Waals surface area contributed by atoms with Gasteiger partial charge in [-0.05, 0) is 37.3 Å². The summed E-state index contributed by atoms with van der Waals surface area (Å²) in [7, 11) is 0. The highest BCUT2D eigenvalue weighted by atomic mass is 35.5. The SMILES string of the molecule is Cc1[nH]n(-c2ccc(Cl)cc2)c(=O)c1C=Nc1ccc([N+](=O)[O-])cc1O. The molecule has 2 aromatic carbocycles. The van der Waals surface area contributed by atoms with Crippen LogP contribution in [-0.2, 0) is 0 Å². The van der Waals surface area contributed by atoms with Gasteiger partial charge in [0.05, 0.1) is 22.2 Å². The van der Waals surface area contributed by atoms with Crippen molar-refractivity contribution in [2.45, 2.75) is 6.92 Å². The number of H-pyrrole nitrogens is 1. The number of nitro groups is 1. The predicted molar refractivity (Wildman–Crippen MR) is 98.2 cm³/mol. The molecule has 0 saturated carbocycles. The van der Waals surface area contributed by atoms with Crippen LogP contribution in [0, 0.1) is 17.0 Å². The van der Waals surface area contributed by atoms with Crippen molar-refractivity contribution in [2.24, 2.45) is 4.99 Å². The number of phenolic OH excluding ortho intramolecular Hbond substituents is 1. The number of aliphatic imine (C=N–C) groups is 1. The molecule has 0 atom stereocenters. The van der Waals surface area contributed by atoms with Crippen molar-refractivity contribution in [1.29, 1.82) is 0 Å². The standard InChI is InChI=1S/C17H13ClN4O4/c1-10-14(9-19-15-7-6-13(22(25)26)8-16(15)23)17(24)21(20-10)12-4-2-11(18)3-5-12/h2-9,20,23H,1H3. The topological polar surface area (TPSA) is 114 Å². The van der Waals surface area contributed by atoms with Gasteiger partial charge in [-0.2, -0.15) is 0 Å². The summed E-state index contributed by atoms with van der Waals surface area (Å²) < 4.78 is 1.35. The van der Waals surface area contributed by atoms with Gasteiger partial charge in [0.2, 0.25) is 0 Å². The second-order valence-corrected chi connectivity index (χ2v) is 5.89. The number of aromatic hydroxyl groups is 1. The lowest BCUT2D eigenvalue weighted by molar-refractivity contribution is -0.384. The third kappa shape index (κ3) is 3.35. The number of aromatic amines is 1. The summed E-state index contributed by atoms with van der Waals surface area (Å²) in [4.78, 5) is 26.7. The summed E-state index contributed by atoms with van der Waals surface area (Å²) >= 11 is 5.85. The molecule has 0 aliphatic carbocycles. The van der Waals surface area contributed by atoms with Crippen molar-refractivity contribution >= 4 is 29.2 Å². The van der Waals surface area contributed by atoms with Gasteiger partial charge in [0.25, 0.3) is 11.2 Å². The van der Waals surface area contributed by atoms with Crippen molar-refractivity contribution < 1.29 is 10.0 Å². The molecule has 3 aromatic rings. The van der Waals surface area contributed by atoms with Gasteiger partial charge < -0.3 is 5.11 Å². The molecule has 0 spiro atoms. The second kappa shape index (κ2) is 6.85. The molecule has 0 saturated heterocycles. The summed E-state index contributed by atoms with van der Waals surface area (Å²) in [5.41, 5.74) is 1.04. The van der Waals surface area contributed by atoms with E-state index in [1.165, 1.54) is 23.0 Å². The minimum absolute atomic E-state index is 0.119. The summed E-state index contributed by atoms with van der Waals surface area (Å²) in [5.74, 6) is -0.346. The van der Waals surface area contributed by atoms with Crippen LogP contribution in [-0.4, -0.2) is 26.0 Å². The molecule has 1 aromatic heterocycles. The van der Waals surface area contributed by atoms with Crippen molar-refractivity contribution in [2.75, 3.05) is 0 Å². The van der Waals surface area contributed by atoms with Gasteiger partial charge in [0.1, 0.15) is 11.4 Å². The third-order valence-electron chi connectivity index (χ3n) is 3.70. The lowest BCUT2D eigenvalue weighted by atomic mass is 10.2. The van der Waals surface area contributed by atoms with E-state index in [1.54, 1.807) is 31.2 Å². The number of nitrogens with zero attached hydrogens (tertiary/aromatic N) is 3. The molecule has 26 heavy (non-hydrogen) atoms. The smallest absolute Gasteiger partial charge is 0.280 e. The zero-order chi connectivity index (χ0) is 18.8. The Kier molecular flexibility index (Phi) is 4.59. The molecule has 0 aliphatic rings. The number of aromatic nitrogens is 2. The molecule has 3 rings (SSSR count). The molecule has 0 unspecified atom stereocenters. The number of nitro benzene ring substituents is 1. The summed E-state index contributed by atoms with van der Waals surface area (Å²) in [5, 5.41) is 24.0. The van der Waals surface area contributed by atoms with Crippen LogP contribution < -0.4 is 5.56 Å². The zero-order valence-electron chi connectivity index (χ0n) is 13.5. The first-order chi connectivity index (χ1) is 12.4. The fourth-order valence-corrected chi connectivity index (χ4v) is 2.48. The minimum atomic E-state index is -0.617. The normalized spacial score (nSPS) is 11.2. The van der Waals surface area contributed by atoms with Crippen LogP contribution in [0.5, 0.6) is 5.75 Å². The first kappa shape index (κ1) is 17.4. The van der Waals surface area contributed by atoms with Crippen molar-refractivity contribution in [3.63, 3.8) is 0 Å². The van der Waals surface area contributed by atoms with Crippen LogP contribution >= 0.6 is 11.6 Å². The average molecular weight is 373 g/mol. The van der Waals surface area contributed by atoms with Crippen LogP contribution in [0.3, 0.4) is 0 Å². The highest BCUT2D eigenvalue weighted by molar-refractivity contribution is 6.30. The fraction of sp³-hybridized carbons (Fsp3) is 0.0588. The molecule has 0 bridgehead atoms. The maximum atomic E-state index is 12.6. The molecular formula is C17H13ClN4O4.